The van der Waals surface area contributed by atoms with Crippen molar-refractivity contribution in [1.29, 1.82) is 0 Å². The molecule has 2 aliphatic heterocycles. The van der Waals surface area contributed by atoms with Crippen molar-refractivity contribution in [2.45, 2.75) is 39.2 Å². The number of esters is 1. The lowest BCUT2D eigenvalue weighted by atomic mass is 9.70. The molecule has 1 N–H and O–H groups in total. The van der Waals surface area contributed by atoms with Gasteiger partial charge in [0.15, 0.2) is 0 Å². The Hall–Kier alpha value is -0.610. The van der Waals surface area contributed by atoms with Gasteiger partial charge in [0.1, 0.15) is 0 Å². The van der Waals surface area contributed by atoms with Crippen molar-refractivity contribution in [3.05, 3.63) is 0 Å². The van der Waals surface area contributed by atoms with Crippen LogP contribution < -0.4 is 5.32 Å². The van der Waals surface area contributed by atoms with Crippen LogP contribution in [0, 0.1) is 11.3 Å². The van der Waals surface area contributed by atoms with Crippen LogP contribution in [0.1, 0.15) is 33.1 Å². The van der Waals surface area contributed by atoms with Gasteiger partial charge in [-0.25, -0.2) is 0 Å². The van der Waals surface area contributed by atoms with Crippen molar-refractivity contribution in [1.82, 2.24) is 5.32 Å². The number of hydrogen-bond donors (Lipinski definition) is 1. The molecule has 2 fully saturated rings. The molecule has 0 saturated carbocycles. The Morgan fingerprint density at radius 3 is 3.06 bits per heavy atom. The fraction of sp³-hybridized carbons (Fsp3) is 0.923. The molecule has 4 heteroatoms. The lowest BCUT2D eigenvalue weighted by Crippen LogP contribution is -2.43. The van der Waals surface area contributed by atoms with Crippen LogP contribution in [0.25, 0.3) is 0 Å². The molecule has 1 spiro atoms. The van der Waals surface area contributed by atoms with Gasteiger partial charge in [0, 0.05) is 25.1 Å². The molecule has 0 bridgehead atoms. The maximum absolute atomic E-state index is 12.0. The summed E-state index contributed by atoms with van der Waals surface area (Å²) < 4.78 is 10.9. The molecule has 0 aliphatic carbocycles. The van der Waals surface area contributed by atoms with Gasteiger partial charge in [-0.05, 0) is 26.2 Å². The third-order valence-corrected chi connectivity index (χ3v) is 4.18. The van der Waals surface area contributed by atoms with Crippen molar-refractivity contribution >= 4 is 5.97 Å². The molecular formula is C13H23NO3. The lowest BCUT2D eigenvalue weighted by Gasteiger charge is -2.40. The lowest BCUT2D eigenvalue weighted by molar-refractivity contribution is -0.155. The van der Waals surface area contributed by atoms with Gasteiger partial charge in [0.2, 0.25) is 0 Å². The first-order valence-corrected chi connectivity index (χ1v) is 6.71. The molecule has 17 heavy (non-hydrogen) atoms. The summed E-state index contributed by atoms with van der Waals surface area (Å²) in [5.41, 5.74) is 0.0746. The Balaban J connectivity index is 2.08. The van der Waals surface area contributed by atoms with Crippen LogP contribution in [0.3, 0.4) is 0 Å². The predicted octanol–water partition coefficient (Wildman–Crippen LogP) is 1.34. The first kappa shape index (κ1) is 12.8. The molecule has 0 radical (unpaired) electrons. The maximum atomic E-state index is 12.0. The quantitative estimate of drug-likeness (QED) is 0.758. The van der Waals surface area contributed by atoms with Gasteiger partial charge in [0.25, 0.3) is 0 Å². The molecule has 2 rings (SSSR count). The highest BCUT2D eigenvalue weighted by atomic mass is 16.5. The van der Waals surface area contributed by atoms with E-state index < -0.39 is 0 Å². The van der Waals surface area contributed by atoms with E-state index in [4.69, 9.17) is 9.47 Å². The standard InChI is InChI=1S/C13H23NO3/c1-3-10-7-13(5-6-17-10)9-14-8-11(13)12(15)16-4-2/h10-11,14H,3-9H2,1-2H3. The highest BCUT2D eigenvalue weighted by Crippen LogP contribution is 2.44. The molecular weight excluding hydrogens is 218 g/mol. The monoisotopic (exact) mass is 241 g/mol. The summed E-state index contributed by atoms with van der Waals surface area (Å²) in [6, 6.07) is 0. The first-order valence-electron chi connectivity index (χ1n) is 6.71. The molecule has 4 nitrogen and oxygen atoms in total. The summed E-state index contributed by atoms with van der Waals surface area (Å²) >= 11 is 0. The number of rotatable bonds is 3. The van der Waals surface area contributed by atoms with Crippen LogP contribution >= 0.6 is 0 Å². The van der Waals surface area contributed by atoms with Gasteiger partial charge in [-0.1, -0.05) is 6.92 Å². The van der Waals surface area contributed by atoms with Crippen molar-refractivity contribution in [3.8, 4) is 0 Å². The van der Waals surface area contributed by atoms with Gasteiger partial charge in [0.05, 0.1) is 18.6 Å². The van der Waals surface area contributed by atoms with Crippen LogP contribution in [-0.2, 0) is 14.3 Å². The Bertz CT molecular complexity index is 282. The molecule has 0 aromatic carbocycles. The summed E-state index contributed by atoms with van der Waals surface area (Å²) in [6.07, 6.45) is 3.29. The second kappa shape index (κ2) is 5.36. The molecule has 2 heterocycles. The van der Waals surface area contributed by atoms with E-state index in [-0.39, 0.29) is 17.3 Å². The number of ether oxygens (including phenoxy) is 2. The number of carbonyl (C=O) groups is 1. The highest BCUT2D eigenvalue weighted by Gasteiger charge is 2.49. The smallest absolute Gasteiger partial charge is 0.310 e. The minimum absolute atomic E-state index is 0.0143. The van der Waals surface area contributed by atoms with Crippen LogP contribution in [0.15, 0.2) is 0 Å². The van der Waals surface area contributed by atoms with Crippen molar-refractivity contribution < 1.29 is 14.3 Å². The zero-order chi connectivity index (χ0) is 12.3. The normalized spacial score (nSPS) is 37.3. The summed E-state index contributed by atoms with van der Waals surface area (Å²) in [6.45, 7) is 6.94. The number of nitrogens with one attached hydrogen (secondary N) is 1. The van der Waals surface area contributed by atoms with Gasteiger partial charge in [-0.3, -0.25) is 4.79 Å². The third kappa shape index (κ3) is 2.47. The van der Waals surface area contributed by atoms with E-state index in [1.807, 2.05) is 6.92 Å². The fourth-order valence-corrected chi connectivity index (χ4v) is 3.16. The van der Waals surface area contributed by atoms with Gasteiger partial charge in [-0.15, -0.1) is 0 Å². The maximum Gasteiger partial charge on any atom is 0.310 e. The zero-order valence-corrected chi connectivity index (χ0v) is 10.8. The van der Waals surface area contributed by atoms with E-state index in [0.717, 1.165) is 39.0 Å². The molecule has 3 unspecified atom stereocenters. The molecule has 0 aromatic rings. The number of carbonyl (C=O) groups excluding carboxylic acids is 1. The summed E-state index contributed by atoms with van der Waals surface area (Å²) in [4.78, 5) is 12.0. The SMILES string of the molecule is CCOC(=O)C1CNCC12CCOC(CC)C2. The zero-order valence-electron chi connectivity index (χ0n) is 10.8. The topological polar surface area (TPSA) is 47.6 Å². The largest absolute Gasteiger partial charge is 0.466 e. The Kier molecular flexibility index (Phi) is 4.05. The van der Waals surface area contributed by atoms with E-state index in [9.17, 15) is 4.79 Å². The van der Waals surface area contributed by atoms with Crippen LogP contribution in [0.2, 0.25) is 0 Å². The Morgan fingerprint density at radius 1 is 1.53 bits per heavy atom. The van der Waals surface area contributed by atoms with Crippen LogP contribution in [-0.4, -0.2) is 38.4 Å². The van der Waals surface area contributed by atoms with Crippen molar-refractivity contribution in [3.63, 3.8) is 0 Å². The van der Waals surface area contributed by atoms with E-state index >= 15 is 0 Å². The summed E-state index contributed by atoms with van der Waals surface area (Å²) in [5, 5.41) is 3.36. The average molecular weight is 241 g/mol. The van der Waals surface area contributed by atoms with Crippen molar-refractivity contribution in [2.24, 2.45) is 11.3 Å². The van der Waals surface area contributed by atoms with Gasteiger partial charge < -0.3 is 14.8 Å². The molecule has 98 valence electrons. The molecule has 3 atom stereocenters. The Morgan fingerprint density at radius 2 is 2.35 bits per heavy atom. The average Bonchev–Trinajstić information content (AvgIpc) is 2.72. The second-order valence-corrected chi connectivity index (χ2v) is 5.15. The summed E-state index contributed by atoms with van der Waals surface area (Å²) in [5.74, 6) is -0.0188. The van der Waals surface area contributed by atoms with E-state index in [2.05, 4.69) is 12.2 Å². The van der Waals surface area contributed by atoms with E-state index in [1.54, 1.807) is 0 Å². The van der Waals surface area contributed by atoms with Crippen LogP contribution in [0.5, 0.6) is 0 Å². The molecule has 2 saturated heterocycles. The fourth-order valence-electron chi connectivity index (χ4n) is 3.16. The highest BCUT2D eigenvalue weighted by molar-refractivity contribution is 5.74. The predicted molar refractivity (Wildman–Crippen MR) is 64.7 cm³/mol. The van der Waals surface area contributed by atoms with Crippen molar-refractivity contribution in [2.75, 3.05) is 26.3 Å². The molecule has 2 aliphatic rings. The number of hydrogen-bond acceptors (Lipinski definition) is 4. The van der Waals surface area contributed by atoms with E-state index in [1.165, 1.54) is 0 Å². The summed E-state index contributed by atoms with van der Waals surface area (Å²) in [7, 11) is 0. The second-order valence-electron chi connectivity index (χ2n) is 5.15. The Labute approximate surface area is 103 Å². The van der Waals surface area contributed by atoms with Gasteiger partial charge >= 0.3 is 5.97 Å². The first-order chi connectivity index (χ1) is 8.22. The van der Waals surface area contributed by atoms with Gasteiger partial charge in [-0.2, -0.15) is 0 Å². The van der Waals surface area contributed by atoms with Crippen LogP contribution in [0.4, 0.5) is 0 Å². The minimum atomic E-state index is -0.0331. The molecule has 0 amide bonds. The minimum Gasteiger partial charge on any atom is -0.466 e. The molecule has 0 aromatic heterocycles. The third-order valence-electron chi connectivity index (χ3n) is 4.18. The van der Waals surface area contributed by atoms with E-state index in [0.29, 0.717) is 12.7 Å².